The Morgan fingerprint density at radius 3 is 1.73 bits per heavy atom. The van der Waals surface area contributed by atoms with Crippen molar-refractivity contribution in [1.82, 2.24) is 40.0 Å². The smallest absolute Gasteiger partial charge is 0.272 e. The summed E-state index contributed by atoms with van der Waals surface area (Å²) >= 11 is 0. The van der Waals surface area contributed by atoms with E-state index >= 15 is 0 Å². The minimum absolute atomic E-state index is 0.182. The number of amides is 2. The van der Waals surface area contributed by atoms with E-state index in [-0.39, 0.29) is 29.6 Å². The highest BCUT2D eigenvalue weighted by Gasteiger charge is 2.22. The number of hydrogen-bond acceptors (Lipinski definition) is 5. The lowest BCUT2D eigenvalue weighted by atomic mass is 10.1. The average Bonchev–Trinajstić information content (AvgIpc) is 3.31. The molecule has 0 spiro atoms. The molecule has 3 aromatic rings. The summed E-state index contributed by atoms with van der Waals surface area (Å²) in [6, 6.07) is 1.03. The first kappa shape index (κ1) is 21.3. The lowest BCUT2D eigenvalue weighted by Crippen LogP contribution is -2.28. The van der Waals surface area contributed by atoms with Gasteiger partial charge in [-0.25, -0.2) is 0 Å². The quantitative estimate of drug-likeness (QED) is 0.637. The van der Waals surface area contributed by atoms with Gasteiger partial charge < -0.3 is 10.6 Å². The molecular weight excluding hydrogens is 384 g/mol. The second-order valence-corrected chi connectivity index (χ2v) is 7.62. The zero-order valence-electron chi connectivity index (χ0n) is 18.4. The number of carbonyl (C=O) groups is 2. The van der Waals surface area contributed by atoms with E-state index in [0.717, 1.165) is 22.5 Å². The van der Waals surface area contributed by atoms with Crippen LogP contribution in [0.3, 0.4) is 0 Å². The molecule has 0 aliphatic carbocycles. The average molecular weight is 412 g/mol. The molecule has 0 saturated carbocycles. The van der Waals surface area contributed by atoms with Crippen molar-refractivity contribution >= 4 is 11.8 Å². The van der Waals surface area contributed by atoms with E-state index in [9.17, 15) is 9.59 Å². The number of hydrogen-bond donors (Lipinski definition) is 2. The Labute approximate surface area is 175 Å². The molecule has 10 heteroatoms. The molecule has 3 heterocycles. The molecule has 30 heavy (non-hydrogen) atoms. The molecule has 0 fully saturated rings. The summed E-state index contributed by atoms with van der Waals surface area (Å²) < 4.78 is 4.83. The zero-order chi connectivity index (χ0) is 22.2. The van der Waals surface area contributed by atoms with E-state index in [1.165, 1.54) is 10.7 Å². The highest BCUT2D eigenvalue weighted by atomic mass is 16.2. The van der Waals surface area contributed by atoms with Gasteiger partial charge in [-0.15, -0.1) is 0 Å². The Balaban J connectivity index is 1.71. The van der Waals surface area contributed by atoms with E-state index in [4.69, 9.17) is 0 Å². The van der Waals surface area contributed by atoms with E-state index in [1.54, 1.807) is 16.4 Å². The van der Waals surface area contributed by atoms with Gasteiger partial charge in [0.2, 0.25) is 0 Å². The molecule has 2 amide bonds. The highest BCUT2D eigenvalue weighted by molar-refractivity contribution is 5.98. The zero-order valence-corrected chi connectivity index (χ0v) is 18.4. The van der Waals surface area contributed by atoms with Crippen LogP contribution in [-0.4, -0.2) is 41.2 Å². The number of carbonyl (C=O) groups excluding carboxylic acids is 2. The number of nitrogens with zero attached hydrogens (tertiary/aromatic N) is 6. The molecule has 0 saturated heterocycles. The molecule has 0 bridgehead atoms. The first-order valence-corrected chi connectivity index (χ1v) is 9.72. The predicted octanol–water partition coefficient (Wildman–Crippen LogP) is 1.49. The molecule has 3 aromatic heterocycles. The summed E-state index contributed by atoms with van der Waals surface area (Å²) in [6.45, 7) is 7.57. The summed E-state index contributed by atoms with van der Waals surface area (Å²) in [7, 11) is 5.31. The summed E-state index contributed by atoms with van der Waals surface area (Å²) in [5.41, 5.74) is 4.06. The molecule has 10 nitrogen and oxygen atoms in total. The van der Waals surface area contributed by atoms with Crippen LogP contribution in [0, 0.1) is 13.8 Å². The maximum atomic E-state index is 12.8. The molecule has 2 atom stereocenters. The summed E-state index contributed by atoms with van der Waals surface area (Å²) in [5, 5.41) is 18.7. The van der Waals surface area contributed by atoms with Gasteiger partial charge >= 0.3 is 0 Å². The van der Waals surface area contributed by atoms with Gasteiger partial charge in [0, 0.05) is 50.7 Å². The molecule has 0 aromatic carbocycles. The van der Waals surface area contributed by atoms with Crippen molar-refractivity contribution in [3.63, 3.8) is 0 Å². The van der Waals surface area contributed by atoms with Crippen molar-refractivity contribution in [2.75, 3.05) is 0 Å². The van der Waals surface area contributed by atoms with Crippen molar-refractivity contribution in [3.05, 3.63) is 52.4 Å². The van der Waals surface area contributed by atoms with Crippen LogP contribution in [0.15, 0.2) is 18.5 Å². The van der Waals surface area contributed by atoms with E-state index < -0.39 is 0 Å². The van der Waals surface area contributed by atoms with Crippen molar-refractivity contribution in [1.29, 1.82) is 0 Å². The SMILES string of the molecule is Cc1nn(C)cc1[C@H](C)NC(=O)c1cc(C(=O)N[C@H](C)c2cn(C)nc2C)nn1C. The van der Waals surface area contributed by atoms with Crippen molar-refractivity contribution in [2.45, 2.75) is 39.8 Å². The lowest BCUT2D eigenvalue weighted by molar-refractivity contribution is 0.0924. The third kappa shape index (κ3) is 4.27. The van der Waals surface area contributed by atoms with Crippen LogP contribution in [0.2, 0.25) is 0 Å². The van der Waals surface area contributed by atoms with Crippen LogP contribution < -0.4 is 10.6 Å². The van der Waals surface area contributed by atoms with E-state index in [0.29, 0.717) is 5.69 Å². The van der Waals surface area contributed by atoms with Gasteiger partial charge in [-0.2, -0.15) is 15.3 Å². The third-order valence-corrected chi connectivity index (χ3v) is 5.08. The van der Waals surface area contributed by atoms with Crippen LogP contribution in [0.25, 0.3) is 0 Å². The number of aromatic nitrogens is 6. The third-order valence-electron chi connectivity index (χ3n) is 5.08. The van der Waals surface area contributed by atoms with Gasteiger partial charge in [0.1, 0.15) is 5.69 Å². The second-order valence-electron chi connectivity index (χ2n) is 7.62. The van der Waals surface area contributed by atoms with Crippen molar-refractivity contribution in [2.24, 2.45) is 21.1 Å². The molecular formula is C20H28N8O2. The topological polar surface area (TPSA) is 112 Å². The molecule has 160 valence electrons. The summed E-state index contributed by atoms with van der Waals surface area (Å²) in [5.74, 6) is -0.660. The first-order chi connectivity index (χ1) is 14.1. The van der Waals surface area contributed by atoms with Gasteiger partial charge in [0.25, 0.3) is 11.8 Å². The van der Waals surface area contributed by atoms with Crippen molar-refractivity contribution in [3.8, 4) is 0 Å². The first-order valence-electron chi connectivity index (χ1n) is 9.72. The van der Waals surface area contributed by atoms with Crippen LogP contribution in [0.4, 0.5) is 0 Å². The van der Waals surface area contributed by atoms with Crippen LogP contribution in [0.1, 0.15) is 69.4 Å². The second kappa shape index (κ2) is 8.13. The fourth-order valence-electron chi connectivity index (χ4n) is 3.57. The van der Waals surface area contributed by atoms with Gasteiger partial charge in [0.05, 0.1) is 23.5 Å². The Bertz CT molecular complexity index is 1090. The minimum Gasteiger partial charge on any atom is -0.344 e. The molecule has 0 aliphatic heterocycles. The summed E-state index contributed by atoms with van der Waals surface area (Å²) in [4.78, 5) is 25.4. The summed E-state index contributed by atoms with van der Waals surface area (Å²) in [6.07, 6.45) is 3.75. The number of rotatable bonds is 6. The highest BCUT2D eigenvalue weighted by Crippen LogP contribution is 2.18. The lowest BCUT2D eigenvalue weighted by Gasteiger charge is -2.13. The van der Waals surface area contributed by atoms with Gasteiger partial charge in [-0.05, 0) is 27.7 Å². The molecule has 0 aliphatic rings. The van der Waals surface area contributed by atoms with Crippen LogP contribution in [-0.2, 0) is 21.1 Å². The maximum Gasteiger partial charge on any atom is 0.272 e. The predicted molar refractivity (Wildman–Crippen MR) is 111 cm³/mol. The molecule has 0 unspecified atom stereocenters. The maximum absolute atomic E-state index is 12.8. The standard InChI is InChI=1S/C20H28N8O2/c1-11(15-9-26(5)23-13(15)3)21-19(29)17-8-18(28(7)25-17)20(30)22-12(2)16-10-27(6)24-14(16)4/h8-12H,1-7H3,(H,21,29)(H,22,30)/t11-,12+/m1/s1. The Morgan fingerprint density at radius 2 is 1.30 bits per heavy atom. The van der Waals surface area contributed by atoms with Gasteiger partial charge in [0.15, 0.2) is 5.69 Å². The molecule has 3 rings (SSSR count). The largest absolute Gasteiger partial charge is 0.344 e. The van der Waals surface area contributed by atoms with Gasteiger partial charge in [-0.1, -0.05) is 0 Å². The van der Waals surface area contributed by atoms with Crippen LogP contribution >= 0.6 is 0 Å². The minimum atomic E-state index is -0.350. The Morgan fingerprint density at radius 1 is 0.833 bits per heavy atom. The monoisotopic (exact) mass is 412 g/mol. The number of aryl methyl sites for hydroxylation is 5. The normalized spacial score (nSPS) is 13.2. The van der Waals surface area contributed by atoms with Gasteiger partial charge in [-0.3, -0.25) is 23.6 Å². The Hall–Kier alpha value is -3.43. The Kier molecular flexibility index (Phi) is 5.77. The fourth-order valence-corrected chi connectivity index (χ4v) is 3.57. The molecule has 0 radical (unpaired) electrons. The fraction of sp³-hybridized carbons (Fsp3) is 0.450. The van der Waals surface area contributed by atoms with Crippen molar-refractivity contribution < 1.29 is 9.59 Å². The van der Waals surface area contributed by atoms with E-state index in [2.05, 4.69) is 25.9 Å². The van der Waals surface area contributed by atoms with E-state index in [1.807, 2.05) is 54.2 Å². The van der Waals surface area contributed by atoms with Crippen LogP contribution in [0.5, 0.6) is 0 Å². The number of nitrogens with one attached hydrogen (secondary N) is 2. The molecule has 2 N–H and O–H groups in total.